The maximum absolute atomic E-state index is 15.1. The van der Waals surface area contributed by atoms with Crippen molar-refractivity contribution in [2.45, 2.75) is 45.5 Å². The number of hydrogen-bond donors (Lipinski definition) is 1. The maximum atomic E-state index is 15.1. The van der Waals surface area contributed by atoms with Gasteiger partial charge in [0, 0.05) is 39.2 Å². The molecule has 2 aliphatic heterocycles. The highest BCUT2D eigenvalue weighted by Gasteiger charge is 2.68. The van der Waals surface area contributed by atoms with Crippen LogP contribution in [0.15, 0.2) is 71.6 Å². The fourth-order valence-corrected chi connectivity index (χ4v) is 11.5. The summed E-state index contributed by atoms with van der Waals surface area (Å²) in [6.45, 7) is 3.62. The predicted octanol–water partition coefficient (Wildman–Crippen LogP) is 8.36. The number of carbonyl (C=O) groups excluding carboxylic acids is 4. The molecule has 56 heavy (non-hydrogen) atoms. The second-order valence-corrected chi connectivity index (χ2v) is 17.5. The number of fused-ring (bicyclic) bond motifs is 5. The first-order valence-corrected chi connectivity index (χ1v) is 19.9. The number of benzene rings is 2. The van der Waals surface area contributed by atoms with Crippen LogP contribution >= 0.6 is 34.3 Å². The van der Waals surface area contributed by atoms with E-state index in [0.29, 0.717) is 16.3 Å². The Balaban J connectivity index is 1.16. The number of amides is 4. The van der Waals surface area contributed by atoms with Crippen LogP contribution in [0.3, 0.4) is 0 Å². The molecule has 10 nitrogen and oxygen atoms in total. The number of nitrogens with zero attached hydrogens (tertiary/aromatic N) is 4. The van der Waals surface area contributed by atoms with Gasteiger partial charge in [-0.25, -0.2) is 4.90 Å². The third kappa shape index (κ3) is 5.45. The second kappa shape index (κ2) is 12.8. The standard InChI is InChI=1S/C40H32ClF3N4O6S2/c1-18-24-13-19(41)6-11-30(24)56-34(18)28-16-31(46(3)45-28)48-36(51)27-15-25-22(8-9-23-32(25)37(52)47(35(23)50)17-21-5-4-12-55-21)33(39(27,2)38(48)53)26-14-20(7-10-29(26)49)54-40(42,43)44/h4-8,10-14,16,23,25,27,32-33,49H,9,15,17H2,1-3H3/t23-,25+,27-,32-,33+,39+/m0/s1. The second-order valence-electron chi connectivity index (χ2n) is 15.0. The van der Waals surface area contributed by atoms with Crippen molar-refractivity contribution in [3.63, 3.8) is 0 Å². The summed E-state index contributed by atoms with van der Waals surface area (Å²) in [6, 6.07) is 13.9. The average Bonchev–Trinajstić information content (AvgIpc) is 3.95. The number of anilines is 1. The molecular formula is C40H32ClF3N4O6S2. The first-order valence-electron chi connectivity index (χ1n) is 17.8. The summed E-state index contributed by atoms with van der Waals surface area (Å²) < 4.78 is 47.2. The van der Waals surface area contributed by atoms with Crippen molar-refractivity contribution < 1.29 is 42.2 Å². The van der Waals surface area contributed by atoms with Crippen molar-refractivity contribution >= 4 is 73.8 Å². The number of likely N-dealkylation sites (tertiary alicyclic amines) is 1. The molecule has 0 unspecified atom stereocenters. The largest absolute Gasteiger partial charge is 0.573 e. The SMILES string of the molecule is Cc1c(-c2cc(N3C(=O)[C@@H]4C[C@@H]5C(=CC[C@@H]6C(=O)N(Cc7cccs7)C(=O)[C@@H]65)[C@H](c5cc(OC(F)(F)F)ccc5O)[C@]4(C)C3=O)n(C)n2)sc2ccc(Cl)cc12. The third-order valence-electron chi connectivity index (χ3n) is 12.0. The van der Waals surface area contributed by atoms with Gasteiger partial charge in [0.1, 0.15) is 23.0 Å². The average molecular weight is 821 g/mol. The van der Waals surface area contributed by atoms with Crippen LogP contribution in [0.5, 0.6) is 11.5 Å². The van der Waals surface area contributed by atoms with Gasteiger partial charge in [0.15, 0.2) is 0 Å². The predicted molar refractivity (Wildman–Crippen MR) is 203 cm³/mol. The number of ether oxygens (including phenoxy) is 1. The summed E-state index contributed by atoms with van der Waals surface area (Å²) >= 11 is 9.18. The molecule has 2 aromatic carbocycles. The highest BCUT2D eigenvalue weighted by atomic mass is 35.5. The number of halogens is 4. The number of phenolic OH excluding ortho intramolecular Hbond substituents is 1. The lowest BCUT2D eigenvalue weighted by Gasteiger charge is -2.49. The van der Waals surface area contributed by atoms with Gasteiger partial charge < -0.3 is 9.84 Å². The van der Waals surface area contributed by atoms with Gasteiger partial charge in [-0.2, -0.15) is 5.10 Å². The van der Waals surface area contributed by atoms with Crippen LogP contribution in [0.1, 0.15) is 41.7 Å². The molecule has 288 valence electrons. The van der Waals surface area contributed by atoms with E-state index in [1.165, 1.54) is 32.3 Å². The van der Waals surface area contributed by atoms with Crippen LogP contribution in [0.25, 0.3) is 20.7 Å². The number of allylic oxidation sites excluding steroid dienone is 2. The highest BCUT2D eigenvalue weighted by Crippen LogP contribution is 2.64. The summed E-state index contributed by atoms with van der Waals surface area (Å²) in [4.78, 5) is 61.9. The van der Waals surface area contributed by atoms with Gasteiger partial charge in [-0.15, -0.1) is 35.8 Å². The Morgan fingerprint density at radius 2 is 1.82 bits per heavy atom. The molecule has 5 heterocycles. The minimum absolute atomic E-state index is 0.0212. The fourth-order valence-electron chi connectivity index (χ4n) is 9.53. The van der Waals surface area contributed by atoms with Crippen molar-refractivity contribution in [1.29, 1.82) is 0 Å². The van der Waals surface area contributed by atoms with Gasteiger partial charge in [-0.1, -0.05) is 29.3 Å². The number of phenols is 1. The van der Waals surface area contributed by atoms with E-state index >= 15 is 4.79 Å². The molecule has 4 aliphatic rings. The maximum Gasteiger partial charge on any atom is 0.573 e. The zero-order chi connectivity index (χ0) is 39.6. The van der Waals surface area contributed by atoms with Gasteiger partial charge >= 0.3 is 6.36 Å². The number of hydrogen-bond acceptors (Lipinski definition) is 9. The van der Waals surface area contributed by atoms with E-state index in [0.717, 1.165) is 48.5 Å². The molecule has 5 aromatic rings. The first kappa shape index (κ1) is 36.6. The number of thiophene rings is 2. The topological polar surface area (TPSA) is 122 Å². The Hall–Kier alpha value is -4.99. The van der Waals surface area contributed by atoms with E-state index < -0.39 is 70.6 Å². The molecule has 1 N–H and O–H groups in total. The monoisotopic (exact) mass is 820 g/mol. The van der Waals surface area contributed by atoms with E-state index in [4.69, 9.17) is 16.7 Å². The molecule has 4 amide bonds. The lowest BCUT2D eigenvalue weighted by Crippen LogP contribution is -2.49. The number of aromatic hydroxyl groups is 1. The van der Waals surface area contributed by atoms with Crippen molar-refractivity contribution in [3.8, 4) is 22.1 Å². The van der Waals surface area contributed by atoms with Gasteiger partial charge in [0.2, 0.25) is 23.6 Å². The molecule has 6 atom stereocenters. The summed E-state index contributed by atoms with van der Waals surface area (Å²) in [7, 11) is 1.61. The van der Waals surface area contributed by atoms with Gasteiger partial charge in [0.25, 0.3) is 0 Å². The van der Waals surface area contributed by atoms with Gasteiger partial charge in [0.05, 0.1) is 34.6 Å². The number of imide groups is 2. The normalized spacial score (nSPS) is 26.2. The number of aryl methyl sites for hydroxylation is 2. The van der Waals surface area contributed by atoms with Crippen LogP contribution in [-0.4, -0.2) is 49.8 Å². The van der Waals surface area contributed by atoms with E-state index in [1.807, 2.05) is 36.6 Å². The van der Waals surface area contributed by atoms with Crippen LogP contribution < -0.4 is 9.64 Å². The lowest BCUT2D eigenvalue weighted by atomic mass is 9.51. The zero-order valence-electron chi connectivity index (χ0n) is 30.0. The fraction of sp³-hybridized carbons (Fsp3) is 0.325. The first-order chi connectivity index (χ1) is 26.6. The zero-order valence-corrected chi connectivity index (χ0v) is 32.4. The minimum atomic E-state index is -5.05. The van der Waals surface area contributed by atoms with E-state index in [-0.39, 0.29) is 36.7 Å². The Bertz CT molecular complexity index is 2550. The number of aromatic nitrogens is 2. The van der Waals surface area contributed by atoms with Crippen molar-refractivity contribution in [3.05, 3.63) is 92.7 Å². The molecule has 0 bridgehead atoms. The van der Waals surface area contributed by atoms with E-state index in [1.54, 1.807) is 32.2 Å². The highest BCUT2D eigenvalue weighted by molar-refractivity contribution is 7.22. The molecule has 2 saturated heterocycles. The Morgan fingerprint density at radius 1 is 1.04 bits per heavy atom. The molecule has 3 aromatic heterocycles. The number of rotatable bonds is 6. The van der Waals surface area contributed by atoms with Gasteiger partial charge in [-0.3, -0.25) is 28.8 Å². The quantitative estimate of drug-likeness (QED) is 0.135. The molecule has 0 spiro atoms. The molecule has 0 radical (unpaired) electrons. The molecule has 1 saturated carbocycles. The smallest absolute Gasteiger partial charge is 0.508 e. The third-order valence-corrected chi connectivity index (χ3v) is 14.4. The molecular weight excluding hydrogens is 789 g/mol. The van der Waals surface area contributed by atoms with E-state index in [9.17, 15) is 32.7 Å². The van der Waals surface area contributed by atoms with Crippen molar-refractivity contribution in [2.75, 3.05) is 4.90 Å². The number of carbonyl (C=O) groups is 4. The molecule has 3 fully saturated rings. The summed E-state index contributed by atoms with van der Waals surface area (Å²) in [5.74, 6) is -7.41. The van der Waals surface area contributed by atoms with Crippen molar-refractivity contribution in [1.82, 2.24) is 14.7 Å². The van der Waals surface area contributed by atoms with Crippen LogP contribution in [-0.2, 0) is 32.8 Å². The number of alkyl halides is 3. The Morgan fingerprint density at radius 3 is 2.55 bits per heavy atom. The summed E-state index contributed by atoms with van der Waals surface area (Å²) in [6.07, 6.45) is -3.13. The van der Waals surface area contributed by atoms with Crippen molar-refractivity contribution in [2.24, 2.45) is 36.1 Å². The summed E-state index contributed by atoms with van der Waals surface area (Å²) in [5, 5.41) is 19.4. The lowest BCUT2D eigenvalue weighted by molar-refractivity contribution is -0.274. The summed E-state index contributed by atoms with van der Waals surface area (Å²) in [5.41, 5.74) is 0.246. The molecule has 16 heteroatoms. The Kier molecular flexibility index (Phi) is 8.35. The minimum Gasteiger partial charge on any atom is -0.508 e. The molecule has 2 aliphatic carbocycles. The van der Waals surface area contributed by atoms with E-state index in [2.05, 4.69) is 4.74 Å². The van der Waals surface area contributed by atoms with Crippen LogP contribution in [0, 0.1) is 36.0 Å². The Labute approximate surface area is 330 Å². The van der Waals surface area contributed by atoms with Crippen LogP contribution in [0.4, 0.5) is 19.0 Å². The van der Waals surface area contributed by atoms with Crippen LogP contribution in [0.2, 0.25) is 5.02 Å². The molecule has 9 rings (SSSR count). The van der Waals surface area contributed by atoms with Gasteiger partial charge in [-0.05, 0) is 91.4 Å².